The lowest BCUT2D eigenvalue weighted by Gasteiger charge is -2.18. The second-order valence-electron chi connectivity index (χ2n) is 6.97. The summed E-state index contributed by atoms with van der Waals surface area (Å²) in [6.07, 6.45) is 6.61. The molecular weight excluding hydrogens is 316 g/mol. The highest BCUT2D eigenvalue weighted by atomic mass is 14.8. The molecule has 0 aliphatic heterocycles. The lowest BCUT2D eigenvalue weighted by atomic mass is 9.93. The number of fused-ring (bicyclic) bond motifs is 3. The van der Waals surface area contributed by atoms with Gasteiger partial charge < -0.3 is 0 Å². The first-order valence-electron chi connectivity index (χ1n) is 9.32. The summed E-state index contributed by atoms with van der Waals surface area (Å²) in [4.78, 5) is 9.86. The van der Waals surface area contributed by atoms with Crippen molar-refractivity contribution in [3.05, 3.63) is 83.6 Å². The van der Waals surface area contributed by atoms with E-state index in [0.717, 1.165) is 35.0 Å². The van der Waals surface area contributed by atoms with Gasteiger partial charge in [-0.05, 0) is 59.7 Å². The van der Waals surface area contributed by atoms with E-state index in [-0.39, 0.29) is 0 Å². The molecule has 2 heteroatoms. The Kier molecular flexibility index (Phi) is 3.75. The first-order chi connectivity index (χ1) is 12.9. The van der Waals surface area contributed by atoms with Crippen molar-refractivity contribution in [3.63, 3.8) is 0 Å². The van der Waals surface area contributed by atoms with E-state index < -0.39 is 0 Å². The Balaban J connectivity index is 1.64. The van der Waals surface area contributed by atoms with Crippen LogP contribution in [0.5, 0.6) is 0 Å². The predicted molar refractivity (Wildman–Crippen MR) is 110 cm³/mol. The Hall–Kier alpha value is -3.00. The molecule has 0 atom stereocenters. The number of aryl methyl sites for hydroxylation is 1. The van der Waals surface area contributed by atoms with E-state index in [0.29, 0.717) is 0 Å². The molecule has 1 aliphatic carbocycles. The third-order valence-electron chi connectivity index (χ3n) is 5.26. The van der Waals surface area contributed by atoms with Crippen LogP contribution in [-0.4, -0.2) is 11.2 Å². The molecule has 0 fully saturated rings. The summed E-state index contributed by atoms with van der Waals surface area (Å²) in [5.74, 6) is 0. The first-order valence-corrected chi connectivity index (χ1v) is 9.32. The molecule has 0 spiro atoms. The zero-order valence-corrected chi connectivity index (χ0v) is 14.7. The predicted octanol–water partition coefficient (Wildman–Crippen LogP) is 6.02. The van der Waals surface area contributed by atoms with Gasteiger partial charge in [0.15, 0.2) is 0 Å². The van der Waals surface area contributed by atoms with Crippen LogP contribution in [0.2, 0.25) is 0 Å². The second kappa shape index (κ2) is 6.38. The van der Waals surface area contributed by atoms with Crippen LogP contribution in [0.4, 0.5) is 5.69 Å². The van der Waals surface area contributed by atoms with E-state index in [1.807, 2.05) is 6.21 Å². The highest BCUT2D eigenvalue weighted by Gasteiger charge is 2.17. The molecule has 4 aromatic rings. The van der Waals surface area contributed by atoms with E-state index in [1.165, 1.54) is 34.9 Å². The molecule has 126 valence electrons. The van der Waals surface area contributed by atoms with E-state index in [4.69, 9.17) is 9.98 Å². The van der Waals surface area contributed by atoms with E-state index in [1.54, 1.807) is 0 Å². The summed E-state index contributed by atoms with van der Waals surface area (Å²) in [7, 11) is 0. The van der Waals surface area contributed by atoms with Crippen LogP contribution < -0.4 is 0 Å². The monoisotopic (exact) mass is 336 g/mol. The number of aromatic nitrogens is 1. The molecule has 1 aliphatic rings. The fourth-order valence-corrected chi connectivity index (χ4v) is 3.92. The summed E-state index contributed by atoms with van der Waals surface area (Å²) in [6.45, 7) is 0. The van der Waals surface area contributed by atoms with Crippen LogP contribution >= 0.6 is 0 Å². The van der Waals surface area contributed by atoms with Crippen molar-refractivity contribution in [2.75, 3.05) is 0 Å². The minimum absolute atomic E-state index is 1.05. The lowest BCUT2D eigenvalue weighted by Crippen LogP contribution is -2.06. The van der Waals surface area contributed by atoms with Gasteiger partial charge in [-0.2, -0.15) is 0 Å². The van der Waals surface area contributed by atoms with Crippen LogP contribution in [0.25, 0.3) is 21.7 Å². The molecule has 0 saturated heterocycles. The first kappa shape index (κ1) is 15.3. The molecule has 1 heterocycles. The zero-order valence-electron chi connectivity index (χ0n) is 14.7. The number of benzene rings is 3. The van der Waals surface area contributed by atoms with Crippen molar-refractivity contribution in [3.8, 4) is 0 Å². The van der Waals surface area contributed by atoms with Gasteiger partial charge in [-0.3, -0.25) is 9.98 Å². The number of rotatable bonds is 2. The average molecular weight is 336 g/mol. The van der Waals surface area contributed by atoms with Crippen molar-refractivity contribution in [2.24, 2.45) is 4.99 Å². The Labute approximate surface area is 153 Å². The maximum atomic E-state index is 4.96. The minimum atomic E-state index is 1.05. The van der Waals surface area contributed by atoms with E-state index >= 15 is 0 Å². The highest BCUT2D eigenvalue weighted by Crippen LogP contribution is 2.35. The smallest absolute Gasteiger partial charge is 0.0774 e. The molecule has 0 amide bonds. The summed E-state index contributed by atoms with van der Waals surface area (Å²) >= 11 is 0. The van der Waals surface area contributed by atoms with Crippen LogP contribution in [0.15, 0.2) is 71.7 Å². The van der Waals surface area contributed by atoms with Crippen LogP contribution in [-0.2, 0) is 12.8 Å². The van der Waals surface area contributed by atoms with Crippen LogP contribution in [0.3, 0.4) is 0 Å². The van der Waals surface area contributed by atoms with Crippen molar-refractivity contribution in [2.45, 2.75) is 25.7 Å². The van der Waals surface area contributed by atoms with Gasteiger partial charge in [0.2, 0.25) is 0 Å². The second-order valence-corrected chi connectivity index (χ2v) is 6.97. The molecule has 0 N–H and O–H groups in total. The van der Waals surface area contributed by atoms with Gasteiger partial charge in [-0.15, -0.1) is 0 Å². The van der Waals surface area contributed by atoms with Crippen molar-refractivity contribution < 1.29 is 0 Å². The molecule has 26 heavy (non-hydrogen) atoms. The van der Waals surface area contributed by atoms with E-state index in [2.05, 4.69) is 66.7 Å². The maximum Gasteiger partial charge on any atom is 0.0774 e. The quantitative estimate of drug-likeness (QED) is 0.411. The largest absolute Gasteiger partial charge is 0.255 e. The van der Waals surface area contributed by atoms with Gasteiger partial charge in [-0.1, -0.05) is 54.6 Å². The Morgan fingerprint density at radius 1 is 0.808 bits per heavy atom. The van der Waals surface area contributed by atoms with Gasteiger partial charge >= 0.3 is 0 Å². The van der Waals surface area contributed by atoms with Crippen molar-refractivity contribution >= 4 is 33.6 Å². The normalized spacial score (nSPS) is 14.2. The molecule has 0 saturated carbocycles. The van der Waals surface area contributed by atoms with Gasteiger partial charge in [-0.25, -0.2) is 0 Å². The van der Waals surface area contributed by atoms with Gasteiger partial charge in [0.1, 0.15) is 0 Å². The van der Waals surface area contributed by atoms with Crippen LogP contribution in [0.1, 0.15) is 29.7 Å². The van der Waals surface area contributed by atoms with Gasteiger partial charge in [0.25, 0.3) is 0 Å². The Morgan fingerprint density at radius 3 is 2.58 bits per heavy atom. The SMILES string of the molecule is C(=Nc1c2c(nc3ccccc13)CCCC2)c1ccc2ccccc2c1. The summed E-state index contributed by atoms with van der Waals surface area (Å²) < 4.78 is 0. The maximum absolute atomic E-state index is 4.96. The standard InChI is InChI=1S/C24H20N2/c1-2-8-19-15-17(13-14-18(19)7-1)16-25-24-20-9-3-5-11-22(20)26-23-12-6-4-10-21(23)24/h1-3,5,7-9,11,13-16H,4,6,10,12H2. The lowest BCUT2D eigenvalue weighted by molar-refractivity contribution is 0.672. The number of nitrogens with zero attached hydrogens (tertiary/aromatic N) is 2. The molecule has 3 aromatic carbocycles. The number of pyridine rings is 1. The fraction of sp³-hybridized carbons (Fsp3) is 0.167. The van der Waals surface area contributed by atoms with Gasteiger partial charge in [0.05, 0.1) is 11.2 Å². The molecule has 2 nitrogen and oxygen atoms in total. The summed E-state index contributed by atoms with van der Waals surface area (Å²) in [5.41, 5.74) is 5.87. The highest BCUT2D eigenvalue weighted by molar-refractivity contribution is 5.96. The van der Waals surface area contributed by atoms with E-state index in [9.17, 15) is 0 Å². The molecule has 0 bridgehead atoms. The number of hydrogen-bond donors (Lipinski definition) is 0. The third-order valence-corrected chi connectivity index (χ3v) is 5.26. The van der Waals surface area contributed by atoms with Crippen molar-refractivity contribution in [1.82, 2.24) is 4.98 Å². The summed E-state index contributed by atoms with van der Waals surface area (Å²) in [6, 6.07) is 23.3. The Bertz CT molecular complexity index is 1140. The summed E-state index contributed by atoms with van der Waals surface area (Å²) in [5, 5.41) is 3.67. The molecule has 5 rings (SSSR count). The third kappa shape index (κ3) is 2.68. The zero-order chi connectivity index (χ0) is 17.3. The topological polar surface area (TPSA) is 25.2 Å². The minimum Gasteiger partial charge on any atom is -0.255 e. The molecule has 0 radical (unpaired) electrons. The number of aliphatic imine (C=N–C) groups is 1. The Morgan fingerprint density at radius 2 is 1.62 bits per heavy atom. The fourth-order valence-electron chi connectivity index (χ4n) is 3.92. The number of para-hydroxylation sites is 1. The average Bonchev–Trinajstić information content (AvgIpc) is 2.71. The van der Waals surface area contributed by atoms with Crippen LogP contribution in [0, 0.1) is 0 Å². The number of hydrogen-bond acceptors (Lipinski definition) is 2. The molecule has 1 aromatic heterocycles. The molecule has 0 unspecified atom stereocenters. The van der Waals surface area contributed by atoms with Gasteiger partial charge in [0, 0.05) is 17.3 Å². The van der Waals surface area contributed by atoms with Crippen molar-refractivity contribution in [1.29, 1.82) is 0 Å². The molecular formula is C24H20N2.